The number of aryl methyl sites for hydroxylation is 1. The largest absolute Gasteiger partial charge is 0.329 e. The molecular weight excluding hydrogens is 256 g/mol. The topological polar surface area (TPSA) is 29.3 Å². The number of halogens is 1. The zero-order valence-electron chi connectivity index (χ0n) is 12.0. The van der Waals surface area contributed by atoms with Gasteiger partial charge in [0.1, 0.15) is 0 Å². The summed E-state index contributed by atoms with van der Waals surface area (Å²) >= 11 is 6.06. The van der Waals surface area contributed by atoms with Gasteiger partial charge in [0.2, 0.25) is 0 Å². The molecule has 106 valence electrons. The van der Waals surface area contributed by atoms with Crippen LogP contribution in [0, 0.1) is 6.92 Å². The van der Waals surface area contributed by atoms with Crippen LogP contribution in [0.1, 0.15) is 49.8 Å². The fourth-order valence-electron chi connectivity index (χ4n) is 3.33. The van der Waals surface area contributed by atoms with Crippen LogP contribution in [0.5, 0.6) is 0 Å². The van der Waals surface area contributed by atoms with Crippen LogP contribution in [0.3, 0.4) is 0 Å². The van der Waals surface area contributed by atoms with Gasteiger partial charge in [-0.1, -0.05) is 31.0 Å². The molecule has 0 aliphatic carbocycles. The summed E-state index contributed by atoms with van der Waals surface area (Å²) in [5, 5.41) is 0.808. The molecule has 2 N–H and O–H groups in total. The second kappa shape index (κ2) is 6.74. The van der Waals surface area contributed by atoms with E-state index in [9.17, 15) is 0 Å². The van der Waals surface area contributed by atoms with Gasteiger partial charge in [-0.3, -0.25) is 4.90 Å². The smallest absolute Gasteiger partial charge is 0.0476 e. The molecular formula is C16H25ClN2. The van der Waals surface area contributed by atoms with Crippen molar-refractivity contribution in [2.75, 3.05) is 13.1 Å². The predicted octanol–water partition coefficient (Wildman–Crippen LogP) is 3.91. The Bertz CT molecular complexity index is 419. The zero-order valence-corrected chi connectivity index (χ0v) is 12.8. The fourth-order valence-corrected chi connectivity index (χ4v) is 3.55. The Hall–Kier alpha value is -0.570. The average molecular weight is 281 g/mol. The molecule has 0 amide bonds. The van der Waals surface area contributed by atoms with Crippen LogP contribution in [-0.2, 0) is 0 Å². The third-order valence-electron chi connectivity index (χ3n) is 4.36. The minimum atomic E-state index is 0.336. The number of nitrogens with two attached hydrogens (primary N) is 1. The van der Waals surface area contributed by atoms with Gasteiger partial charge in [-0.05, 0) is 56.0 Å². The molecule has 1 fully saturated rings. The molecule has 1 saturated heterocycles. The van der Waals surface area contributed by atoms with Crippen molar-refractivity contribution in [1.29, 1.82) is 0 Å². The minimum Gasteiger partial charge on any atom is -0.329 e. The number of likely N-dealkylation sites (tertiary alicyclic amines) is 1. The molecule has 1 aliphatic rings. The lowest BCUT2D eigenvalue weighted by Gasteiger charge is -2.41. The number of rotatable bonds is 4. The van der Waals surface area contributed by atoms with E-state index in [-0.39, 0.29) is 0 Å². The minimum absolute atomic E-state index is 0.336. The van der Waals surface area contributed by atoms with E-state index in [1.165, 1.54) is 43.4 Å². The summed E-state index contributed by atoms with van der Waals surface area (Å²) in [6.45, 7) is 6.27. The molecule has 2 atom stereocenters. The highest BCUT2D eigenvalue weighted by Gasteiger charge is 2.28. The monoisotopic (exact) mass is 280 g/mol. The van der Waals surface area contributed by atoms with E-state index in [2.05, 4.69) is 24.8 Å². The lowest BCUT2D eigenvalue weighted by atomic mass is 9.93. The molecule has 0 radical (unpaired) electrons. The summed E-state index contributed by atoms with van der Waals surface area (Å²) in [5.41, 5.74) is 8.68. The van der Waals surface area contributed by atoms with Crippen molar-refractivity contribution < 1.29 is 0 Å². The Labute approximate surface area is 121 Å². The van der Waals surface area contributed by atoms with Gasteiger partial charge in [0.15, 0.2) is 0 Å². The van der Waals surface area contributed by atoms with Gasteiger partial charge in [0.05, 0.1) is 0 Å². The third kappa shape index (κ3) is 3.31. The Morgan fingerprint density at radius 2 is 2.21 bits per heavy atom. The molecule has 0 aromatic heterocycles. The highest BCUT2D eigenvalue weighted by Crippen LogP contribution is 2.31. The van der Waals surface area contributed by atoms with E-state index in [1.54, 1.807) is 0 Å². The second-order valence-corrected chi connectivity index (χ2v) is 5.98. The first-order chi connectivity index (χ1) is 9.17. The van der Waals surface area contributed by atoms with Gasteiger partial charge >= 0.3 is 0 Å². The summed E-state index contributed by atoms with van der Waals surface area (Å²) in [5.74, 6) is 0. The second-order valence-electron chi connectivity index (χ2n) is 5.55. The Balaban J connectivity index is 2.27. The van der Waals surface area contributed by atoms with Crippen LogP contribution in [0.4, 0.5) is 0 Å². The molecule has 19 heavy (non-hydrogen) atoms. The van der Waals surface area contributed by atoms with Crippen molar-refractivity contribution in [2.24, 2.45) is 5.73 Å². The van der Waals surface area contributed by atoms with Gasteiger partial charge in [-0.2, -0.15) is 0 Å². The van der Waals surface area contributed by atoms with E-state index in [1.807, 2.05) is 12.1 Å². The number of nitrogens with zero attached hydrogens (tertiary/aromatic N) is 1. The first kappa shape index (κ1) is 14.8. The Kier molecular flexibility index (Phi) is 5.26. The van der Waals surface area contributed by atoms with Gasteiger partial charge in [-0.15, -0.1) is 0 Å². The molecule has 0 saturated carbocycles. The molecule has 3 heteroatoms. The Morgan fingerprint density at radius 3 is 2.84 bits per heavy atom. The lowest BCUT2D eigenvalue weighted by molar-refractivity contribution is 0.0946. The normalized spacial score (nSPS) is 22.4. The van der Waals surface area contributed by atoms with Crippen molar-refractivity contribution in [2.45, 2.75) is 51.6 Å². The summed E-state index contributed by atoms with van der Waals surface area (Å²) in [7, 11) is 0. The zero-order chi connectivity index (χ0) is 13.8. The first-order valence-corrected chi connectivity index (χ1v) is 7.77. The summed E-state index contributed by atoms with van der Waals surface area (Å²) in [4.78, 5) is 2.61. The van der Waals surface area contributed by atoms with Crippen molar-refractivity contribution >= 4 is 11.6 Å². The molecule has 0 spiro atoms. The van der Waals surface area contributed by atoms with E-state index in [4.69, 9.17) is 17.3 Å². The van der Waals surface area contributed by atoms with Crippen LogP contribution >= 0.6 is 11.6 Å². The fraction of sp³-hybridized carbons (Fsp3) is 0.625. The van der Waals surface area contributed by atoms with Crippen LogP contribution < -0.4 is 5.73 Å². The molecule has 1 aromatic carbocycles. The van der Waals surface area contributed by atoms with Crippen molar-refractivity contribution in [3.05, 3.63) is 34.3 Å². The number of benzene rings is 1. The maximum atomic E-state index is 6.08. The predicted molar refractivity (Wildman–Crippen MR) is 82.6 cm³/mol. The van der Waals surface area contributed by atoms with Crippen LogP contribution in [0.2, 0.25) is 5.02 Å². The SMILES string of the molecule is CCC1CCCCN1C(CN)c1ccc(Cl)cc1C. The van der Waals surface area contributed by atoms with E-state index in [0.29, 0.717) is 18.6 Å². The maximum absolute atomic E-state index is 6.08. The number of hydrogen-bond acceptors (Lipinski definition) is 2. The molecule has 2 rings (SSSR count). The molecule has 1 heterocycles. The van der Waals surface area contributed by atoms with E-state index < -0.39 is 0 Å². The third-order valence-corrected chi connectivity index (χ3v) is 4.59. The summed E-state index contributed by atoms with van der Waals surface area (Å²) in [6, 6.07) is 7.19. The molecule has 0 bridgehead atoms. The summed E-state index contributed by atoms with van der Waals surface area (Å²) < 4.78 is 0. The Morgan fingerprint density at radius 1 is 1.42 bits per heavy atom. The first-order valence-electron chi connectivity index (χ1n) is 7.39. The standard InChI is InChI=1S/C16H25ClN2/c1-3-14-6-4-5-9-19(14)16(11-18)15-8-7-13(17)10-12(15)2/h7-8,10,14,16H,3-6,9,11,18H2,1-2H3. The highest BCUT2D eigenvalue weighted by molar-refractivity contribution is 6.30. The number of piperidine rings is 1. The van der Waals surface area contributed by atoms with Crippen LogP contribution in [0.15, 0.2) is 18.2 Å². The van der Waals surface area contributed by atoms with Crippen LogP contribution in [0.25, 0.3) is 0 Å². The quantitative estimate of drug-likeness (QED) is 0.906. The van der Waals surface area contributed by atoms with Crippen molar-refractivity contribution in [1.82, 2.24) is 4.90 Å². The van der Waals surface area contributed by atoms with Crippen molar-refractivity contribution in [3.8, 4) is 0 Å². The van der Waals surface area contributed by atoms with Gasteiger partial charge in [0, 0.05) is 23.7 Å². The van der Waals surface area contributed by atoms with Gasteiger partial charge in [-0.25, -0.2) is 0 Å². The molecule has 1 aliphatic heterocycles. The summed E-state index contributed by atoms with van der Waals surface area (Å²) in [6.07, 6.45) is 5.16. The van der Waals surface area contributed by atoms with Crippen LogP contribution in [-0.4, -0.2) is 24.0 Å². The van der Waals surface area contributed by atoms with Gasteiger partial charge < -0.3 is 5.73 Å². The number of hydrogen-bond donors (Lipinski definition) is 1. The lowest BCUT2D eigenvalue weighted by Crippen LogP contribution is -2.44. The van der Waals surface area contributed by atoms with Gasteiger partial charge in [0.25, 0.3) is 0 Å². The molecule has 2 nitrogen and oxygen atoms in total. The van der Waals surface area contributed by atoms with E-state index in [0.717, 1.165) is 5.02 Å². The van der Waals surface area contributed by atoms with Crippen molar-refractivity contribution in [3.63, 3.8) is 0 Å². The maximum Gasteiger partial charge on any atom is 0.0476 e. The molecule has 2 unspecified atom stereocenters. The van der Waals surface area contributed by atoms with E-state index >= 15 is 0 Å². The highest BCUT2D eigenvalue weighted by atomic mass is 35.5. The average Bonchev–Trinajstić information content (AvgIpc) is 2.42. The molecule has 1 aromatic rings.